The number of fused-ring (bicyclic) bond motifs is 1. The molecular weight excluding hydrogens is 530 g/mol. The van der Waals surface area contributed by atoms with E-state index >= 15 is 0 Å². The predicted octanol–water partition coefficient (Wildman–Crippen LogP) is 3.67. The third kappa shape index (κ3) is 5.71. The lowest BCUT2D eigenvalue weighted by Crippen LogP contribution is -2.37. The van der Waals surface area contributed by atoms with E-state index in [0.29, 0.717) is 19.2 Å². The van der Waals surface area contributed by atoms with Gasteiger partial charge < -0.3 is 19.7 Å². The first-order valence-corrected chi connectivity index (χ1v) is 14.5. The third-order valence-corrected chi connectivity index (χ3v) is 7.91. The van der Waals surface area contributed by atoms with Crippen molar-refractivity contribution >= 4 is 28.4 Å². The maximum Gasteiger partial charge on any atom is 0.228 e. The SMILES string of the molecule is Cn1nc(CCN2CCOCC2)c2ccc(-c3cc(Nc4ccc(-n5cccn5)cc4)nc(N4CCOCC4)n3)cc21. The van der Waals surface area contributed by atoms with Crippen LogP contribution in [0.25, 0.3) is 27.8 Å². The van der Waals surface area contributed by atoms with Gasteiger partial charge in [-0.05, 0) is 36.4 Å². The third-order valence-electron chi connectivity index (χ3n) is 7.91. The van der Waals surface area contributed by atoms with Gasteiger partial charge in [-0.3, -0.25) is 9.58 Å². The van der Waals surface area contributed by atoms with Crippen LogP contribution in [0, 0.1) is 0 Å². The predicted molar refractivity (Wildman–Crippen MR) is 163 cm³/mol. The fourth-order valence-corrected chi connectivity index (χ4v) is 5.58. The summed E-state index contributed by atoms with van der Waals surface area (Å²) in [6.07, 6.45) is 4.62. The maximum atomic E-state index is 5.59. The van der Waals surface area contributed by atoms with Crippen molar-refractivity contribution in [2.24, 2.45) is 7.05 Å². The van der Waals surface area contributed by atoms with Crippen LogP contribution in [-0.2, 0) is 22.9 Å². The Balaban J connectivity index is 1.18. The van der Waals surface area contributed by atoms with Gasteiger partial charge in [-0.25, -0.2) is 9.67 Å². The van der Waals surface area contributed by atoms with Gasteiger partial charge in [-0.2, -0.15) is 15.2 Å². The molecule has 0 saturated carbocycles. The summed E-state index contributed by atoms with van der Waals surface area (Å²) in [6, 6.07) is 18.6. The fourth-order valence-electron chi connectivity index (χ4n) is 5.58. The summed E-state index contributed by atoms with van der Waals surface area (Å²) in [4.78, 5) is 14.6. The van der Waals surface area contributed by atoms with E-state index in [1.165, 1.54) is 5.39 Å². The number of nitrogens with zero attached hydrogens (tertiary/aromatic N) is 8. The standard InChI is InChI=1S/C31H35N9O2/c1-37-29-21-23(3-8-26(29)27(36-37)9-12-38-13-17-41-18-14-38)28-22-30(35-31(34-28)39-15-19-42-20-16-39)33-24-4-6-25(7-5-24)40-11-2-10-32-40/h2-8,10-11,21-22H,9,12-20H2,1H3,(H,33,34,35). The first-order chi connectivity index (χ1) is 20.7. The van der Waals surface area contributed by atoms with Crippen LogP contribution in [0.5, 0.6) is 0 Å². The molecule has 11 nitrogen and oxygen atoms in total. The van der Waals surface area contributed by atoms with Crippen molar-refractivity contribution in [1.82, 2.24) is 34.4 Å². The summed E-state index contributed by atoms with van der Waals surface area (Å²) in [6.45, 7) is 7.43. The Morgan fingerprint density at radius 3 is 2.43 bits per heavy atom. The van der Waals surface area contributed by atoms with Crippen LogP contribution < -0.4 is 10.2 Å². The molecule has 3 aromatic heterocycles. The molecule has 1 N–H and O–H groups in total. The summed E-state index contributed by atoms with van der Waals surface area (Å²) in [5, 5.41) is 13.9. The van der Waals surface area contributed by atoms with Gasteiger partial charge in [0.1, 0.15) is 5.82 Å². The molecule has 5 aromatic rings. The first-order valence-electron chi connectivity index (χ1n) is 14.5. The molecule has 0 bridgehead atoms. The van der Waals surface area contributed by atoms with Crippen LogP contribution in [0.4, 0.5) is 17.5 Å². The lowest BCUT2D eigenvalue weighted by Gasteiger charge is -2.27. The second-order valence-corrected chi connectivity index (χ2v) is 10.7. The minimum Gasteiger partial charge on any atom is -0.379 e. The number of rotatable bonds is 8. The highest BCUT2D eigenvalue weighted by atomic mass is 16.5. The number of ether oxygens (including phenoxy) is 2. The summed E-state index contributed by atoms with van der Waals surface area (Å²) >= 11 is 0. The van der Waals surface area contributed by atoms with Crippen molar-refractivity contribution < 1.29 is 9.47 Å². The van der Waals surface area contributed by atoms with Gasteiger partial charge in [0.15, 0.2) is 0 Å². The molecule has 0 atom stereocenters. The van der Waals surface area contributed by atoms with Crippen molar-refractivity contribution in [1.29, 1.82) is 0 Å². The summed E-state index contributed by atoms with van der Waals surface area (Å²) in [5.41, 5.74) is 6.05. The van der Waals surface area contributed by atoms with Crippen molar-refractivity contribution in [3.63, 3.8) is 0 Å². The monoisotopic (exact) mass is 565 g/mol. The van der Waals surface area contributed by atoms with E-state index < -0.39 is 0 Å². The smallest absolute Gasteiger partial charge is 0.228 e. The van der Waals surface area contributed by atoms with Gasteiger partial charge in [0.2, 0.25) is 5.95 Å². The van der Waals surface area contributed by atoms with E-state index in [9.17, 15) is 0 Å². The fraction of sp³-hybridized carbons (Fsp3) is 0.355. The van der Waals surface area contributed by atoms with Gasteiger partial charge in [0, 0.05) is 81.3 Å². The zero-order valence-corrected chi connectivity index (χ0v) is 23.8. The highest BCUT2D eigenvalue weighted by molar-refractivity contribution is 5.87. The van der Waals surface area contributed by atoms with Crippen LogP contribution in [0.2, 0.25) is 0 Å². The van der Waals surface area contributed by atoms with Crippen molar-refractivity contribution in [3.05, 3.63) is 72.7 Å². The van der Waals surface area contributed by atoms with E-state index in [0.717, 1.165) is 92.0 Å². The number of benzene rings is 2. The number of nitrogens with one attached hydrogen (secondary N) is 1. The van der Waals surface area contributed by atoms with E-state index in [1.54, 1.807) is 6.20 Å². The average molecular weight is 566 g/mol. The molecule has 0 spiro atoms. The van der Waals surface area contributed by atoms with Gasteiger partial charge in [-0.15, -0.1) is 0 Å². The van der Waals surface area contributed by atoms with Gasteiger partial charge in [0.05, 0.1) is 49.0 Å². The number of anilines is 3. The van der Waals surface area contributed by atoms with Crippen molar-refractivity contribution in [3.8, 4) is 16.9 Å². The molecule has 11 heteroatoms. The number of hydrogen-bond donors (Lipinski definition) is 1. The van der Waals surface area contributed by atoms with Gasteiger partial charge in [-0.1, -0.05) is 12.1 Å². The zero-order valence-electron chi connectivity index (χ0n) is 23.8. The van der Waals surface area contributed by atoms with Crippen LogP contribution in [-0.4, -0.2) is 93.6 Å². The lowest BCUT2D eigenvalue weighted by atomic mass is 10.1. The topological polar surface area (TPSA) is 98.4 Å². The molecule has 0 amide bonds. The molecule has 0 aliphatic carbocycles. The van der Waals surface area contributed by atoms with E-state index in [2.05, 4.69) is 38.4 Å². The van der Waals surface area contributed by atoms with E-state index in [-0.39, 0.29) is 0 Å². The molecule has 42 heavy (non-hydrogen) atoms. The second kappa shape index (κ2) is 11.9. The molecule has 2 aliphatic rings. The van der Waals surface area contributed by atoms with E-state index in [4.69, 9.17) is 24.5 Å². The summed E-state index contributed by atoms with van der Waals surface area (Å²) in [7, 11) is 2.02. The molecule has 0 unspecified atom stereocenters. The largest absolute Gasteiger partial charge is 0.379 e. The van der Waals surface area contributed by atoms with Gasteiger partial charge >= 0.3 is 0 Å². The Bertz CT molecular complexity index is 1640. The zero-order chi connectivity index (χ0) is 28.3. The van der Waals surface area contributed by atoms with Gasteiger partial charge in [0.25, 0.3) is 0 Å². The first kappa shape index (κ1) is 26.6. The average Bonchev–Trinajstić information content (AvgIpc) is 3.69. The lowest BCUT2D eigenvalue weighted by molar-refractivity contribution is 0.0383. The quantitative estimate of drug-likeness (QED) is 0.302. The Kier molecular flexibility index (Phi) is 7.52. The molecule has 7 rings (SSSR count). The Morgan fingerprint density at radius 2 is 1.67 bits per heavy atom. The Labute approximate surface area is 244 Å². The van der Waals surface area contributed by atoms with Crippen molar-refractivity contribution in [2.45, 2.75) is 6.42 Å². The van der Waals surface area contributed by atoms with Crippen LogP contribution in [0.1, 0.15) is 5.69 Å². The van der Waals surface area contributed by atoms with Crippen LogP contribution in [0.3, 0.4) is 0 Å². The molecule has 2 aromatic carbocycles. The number of hydrogen-bond acceptors (Lipinski definition) is 9. The normalized spacial score (nSPS) is 16.3. The Morgan fingerprint density at radius 1 is 0.881 bits per heavy atom. The minimum atomic E-state index is 0.666. The number of morpholine rings is 2. The van der Waals surface area contributed by atoms with Crippen molar-refractivity contribution in [2.75, 3.05) is 69.4 Å². The highest BCUT2D eigenvalue weighted by Gasteiger charge is 2.18. The molecular formula is C31H35N9O2. The summed E-state index contributed by atoms with van der Waals surface area (Å²) < 4.78 is 14.9. The highest BCUT2D eigenvalue weighted by Crippen LogP contribution is 2.29. The molecule has 0 radical (unpaired) electrons. The number of aromatic nitrogens is 6. The second-order valence-electron chi connectivity index (χ2n) is 10.7. The van der Waals surface area contributed by atoms with E-state index in [1.807, 2.05) is 59.0 Å². The number of aryl methyl sites for hydroxylation is 1. The molecule has 2 saturated heterocycles. The Hall–Kier alpha value is -4.32. The van der Waals surface area contributed by atoms with Crippen LogP contribution in [0.15, 0.2) is 67.0 Å². The summed E-state index contributed by atoms with van der Waals surface area (Å²) in [5.74, 6) is 1.44. The van der Waals surface area contributed by atoms with Crippen LogP contribution >= 0.6 is 0 Å². The minimum absolute atomic E-state index is 0.666. The molecule has 2 fully saturated rings. The molecule has 5 heterocycles. The molecule has 216 valence electrons. The molecule has 2 aliphatic heterocycles. The maximum absolute atomic E-state index is 5.59.